The van der Waals surface area contributed by atoms with Crippen LogP contribution >= 0.6 is 15.9 Å². The maximum absolute atomic E-state index is 10.9. The zero-order valence-corrected chi connectivity index (χ0v) is 7.43. The lowest BCUT2D eigenvalue weighted by molar-refractivity contribution is 0.140. The van der Waals surface area contributed by atoms with Crippen molar-refractivity contribution in [2.24, 2.45) is 0 Å². The first-order valence-electron chi connectivity index (χ1n) is 3.29. The Balaban J connectivity index is 2.44. The third-order valence-corrected chi connectivity index (χ3v) is 2.23. The van der Waals surface area contributed by atoms with Crippen molar-refractivity contribution < 1.29 is 9.53 Å². The molecule has 1 saturated heterocycles. The number of carbonyl (C=O) groups excluding carboxylic acids is 1. The topological polar surface area (TPSA) is 29.5 Å². The largest absolute Gasteiger partial charge is 0.443 e. The summed E-state index contributed by atoms with van der Waals surface area (Å²) in [5.74, 6) is 0. The van der Waals surface area contributed by atoms with E-state index in [1.165, 1.54) is 0 Å². The highest BCUT2D eigenvalue weighted by Gasteiger charge is 2.28. The number of hydrogen-bond acceptors (Lipinski definition) is 2. The standard InChI is InChI=1S/C6H10BrNO2/c1-2-8-4-5(3-7)10-6(8)9/h5H,2-4H2,1H3/t5-/m0/s1. The van der Waals surface area contributed by atoms with Crippen LogP contribution in [0.25, 0.3) is 0 Å². The Morgan fingerprint density at radius 3 is 2.90 bits per heavy atom. The van der Waals surface area contributed by atoms with Crippen molar-refractivity contribution in [1.82, 2.24) is 4.90 Å². The van der Waals surface area contributed by atoms with E-state index in [2.05, 4.69) is 15.9 Å². The summed E-state index contributed by atoms with van der Waals surface area (Å²) in [5.41, 5.74) is 0. The molecule has 58 valence electrons. The van der Waals surface area contributed by atoms with Gasteiger partial charge in [-0.1, -0.05) is 15.9 Å². The summed E-state index contributed by atoms with van der Waals surface area (Å²) in [7, 11) is 0. The summed E-state index contributed by atoms with van der Waals surface area (Å²) in [5, 5.41) is 0.731. The Hall–Kier alpha value is -0.250. The van der Waals surface area contributed by atoms with E-state index in [0.717, 1.165) is 18.4 Å². The van der Waals surface area contributed by atoms with Crippen molar-refractivity contribution in [2.75, 3.05) is 18.4 Å². The first kappa shape index (κ1) is 7.85. The van der Waals surface area contributed by atoms with Crippen molar-refractivity contribution in [1.29, 1.82) is 0 Å². The number of halogens is 1. The van der Waals surface area contributed by atoms with E-state index in [0.29, 0.717) is 0 Å². The second-order valence-corrected chi connectivity index (χ2v) is 2.85. The van der Waals surface area contributed by atoms with Gasteiger partial charge >= 0.3 is 6.09 Å². The van der Waals surface area contributed by atoms with Crippen molar-refractivity contribution in [2.45, 2.75) is 13.0 Å². The molecule has 1 amide bonds. The highest BCUT2D eigenvalue weighted by atomic mass is 79.9. The van der Waals surface area contributed by atoms with Gasteiger partial charge in [-0.25, -0.2) is 4.79 Å². The predicted molar refractivity (Wildman–Crippen MR) is 41.3 cm³/mol. The van der Waals surface area contributed by atoms with Gasteiger partial charge in [0.15, 0.2) is 0 Å². The minimum absolute atomic E-state index is 0.0486. The zero-order chi connectivity index (χ0) is 7.56. The monoisotopic (exact) mass is 207 g/mol. The fraction of sp³-hybridized carbons (Fsp3) is 0.833. The number of likely N-dealkylation sites (N-methyl/N-ethyl adjacent to an activating group) is 1. The SMILES string of the molecule is CCN1C[C@H](CBr)OC1=O. The molecular formula is C6H10BrNO2. The average molecular weight is 208 g/mol. The smallest absolute Gasteiger partial charge is 0.410 e. The molecule has 0 radical (unpaired) electrons. The molecule has 1 aliphatic heterocycles. The fourth-order valence-corrected chi connectivity index (χ4v) is 1.25. The first-order valence-corrected chi connectivity index (χ1v) is 4.41. The van der Waals surface area contributed by atoms with Crippen LogP contribution in [0.3, 0.4) is 0 Å². The van der Waals surface area contributed by atoms with Crippen LogP contribution in [0.5, 0.6) is 0 Å². The van der Waals surface area contributed by atoms with Crippen LogP contribution in [0.4, 0.5) is 4.79 Å². The molecule has 10 heavy (non-hydrogen) atoms. The molecule has 4 heteroatoms. The maximum atomic E-state index is 10.9. The van der Waals surface area contributed by atoms with Crippen LogP contribution in [0.1, 0.15) is 6.92 Å². The number of cyclic esters (lactones) is 1. The second-order valence-electron chi connectivity index (χ2n) is 2.20. The highest BCUT2D eigenvalue weighted by Crippen LogP contribution is 2.11. The second kappa shape index (κ2) is 3.23. The van der Waals surface area contributed by atoms with E-state index in [9.17, 15) is 4.79 Å². The molecule has 0 aromatic heterocycles. The van der Waals surface area contributed by atoms with E-state index in [1.807, 2.05) is 6.92 Å². The number of ether oxygens (including phenoxy) is 1. The molecule has 1 heterocycles. The summed E-state index contributed by atoms with van der Waals surface area (Å²) in [6.45, 7) is 3.40. The van der Waals surface area contributed by atoms with Crippen molar-refractivity contribution in [3.05, 3.63) is 0 Å². The molecule has 0 aliphatic carbocycles. The Morgan fingerprint density at radius 2 is 2.60 bits per heavy atom. The first-order chi connectivity index (χ1) is 4.77. The summed E-state index contributed by atoms with van der Waals surface area (Å²) in [6, 6.07) is 0. The van der Waals surface area contributed by atoms with Crippen LogP contribution in [0.15, 0.2) is 0 Å². The van der Waals surface area contributed by atoms with Crippen molar-refractivity contribution in [3.63, 3.8) is 0 Å². The summed E-state index contributed by atoms with van der Waals surface area (Å²) in [4.78, 5) is 12.5. The average Bonchev–Trinajstić information content (AvgIpc) is 2.30. The van der Waals surface area contributed by atoms with Crippen molar-refractivity contribution in [3.8, 4) is 0 Å². The molecule has 0 saturated carbocycles. The van der Waals surface area contributed by atoms with Gasteiger partial charge < -0.3 is 9.64 Å². The number of hydrogen-bond donors (Lipinski definition) is 0. The fourth-order valence-electron chi connectivity index (χ4n) is 0.913. The van der Waals surface area contributed by atoms with E-state index in [4.69, 9.17) is 4.74 Å². The molecule has 1 rings (SSSR count). The highest BCUT2D eigenvalue weighted by molar-refractivity contribution is 9.09. The summed E-state index contributed by atoms with van der Waals surface area (Å²) in [6.07, 6.45) is -0.139. The Labute approximate surface area is 68.5 Å². The van der Waals surface area contributed by atoms with Gasteiger partial charge in [0.2, 0.25) is 0 Å². The molecule has 1 fully saturated rings. The molecule has 0 bridgehead atoms. The zero-order valence-electron chi connectivity index (χ0n) is 5.84. The van der Waals surface area contributed by atoms with Crippen LogP contribution in [-0.2, 0) is 4.74 Å². The van der Waals surface area contributed by atoms with Gasteiger partial charge in [-0.05, 0) is 6.92 Å². The van der Waals surface area contributed by atoms with Crippen molar-refractivity contribution >= 4 is 22.0 Å². The molecule has 0 aromatic rings. The number of alkyl halides is 1. The van der Waals surface area contributed by atoms with Gasteiger partial charge in [0.05, 0.1) is 6.54 Å². The van der Waals surface area contributed by atoms with Gasteiger partial charge in [0.25, 0.3) is 0 Å². The molecular weight excluding hydrogens is 198 g/mol. The Morgan fingerprint density at radius 1 is 1.90 bits per heavy atom. The van der Waals surface area contributed by atoms with Crippen LogP contribution in [0.2, 0.25) is 0 Å². The van der Waals surface area contributed by atoms with Gasteiger partial charge in [-0.15, -0.1) is 0 Å². The minimum atomic E-state index is -0.188. The third kappa shape index (κ3) is 1.42. The normalized spacial score (nSPS) is 25.2. The quantitative estimate of drug-likeness (QED) is 0.638. The third-order valence-electron chi connectivity index (χ3n) is 1.50. The molecule has 0 N–H and O–H groups in total. The number of nitrogens with zero attached hydrogens (tertiary/aromatic N) is 1. The Bertz CT molecular complexity index is 140. The lowest BCUT2D eigenvalue weighted by Crippen LogP contribution is -2.24. The van der Waals surface area contributed by atoms with Crippen LogP contribution in [0, 0.1) is 0 Å². The number of rotatable bonds is 2. The van der Waals surface area contributed by atoms with E-state index in [1.54, 1.807) is 4.90 Å². The molecule has 0 aromatic carbocycles. The molecule has 1 aliphatic rings. The molecule has 0 spiro atoms. The lowest BCUT2D eigenvalue weighted by atomic mass is 10.4. The minimum Gasteiger partial charge on any atom is -0.443 e. The number of amides is 1. The van der Waals surface area contributed by atoms with Crippen LogP contribution < -0.4 is 0 Å². The Kier molecular flexibility index (Phi) is 2.54. The van der Waals surface area contributed by atoms with Gasteiger partial charge in [-0.2, -0.15) is 0 Å². The van der Waals surface area contributed by atoms with Gasteiger partial charge in [0, 0.05) is 11.9 Å². The maximum Gasteiger partial charge on any atom is 0.410 e. The van der Waals surface area contributed by atoms with E-state index < -0.39 is 0 Å². The predicted octanol–water partition coefficient (Wildman–Crippen LogP) is 1.22. The van der Waals surface area contributed by atoms with E-state index in [-0.39, 0.29) is 12.2 Å². The summed E-state index contributed by atoms with van der Waals surface area (Å²) < 4.78 is 4.95. The van der Waals surface area contributed by atoms with E-state index >= 15 is 0 Å². The van der Waals surface area contributed by atoms with Crippen LogP contribution in [-0.4, -0.2) is 35.5 Å². The van der Waals surface area contributed by atoms with Gasteiger partial charge in [-0.3, -0.25) is 0 Å². The molecule has 3 nitrogen and oxygen atoms in total. The molecule has 0 unspecified atom stereocenters. The number of carbonyl (C=O) groups is 1. The molecule has 1 atom stereocenters. The summed E-state index contributed by atoms with van der Waals surface area (Å²) >= 11 is 3.26. The lowest BCUT2D eigenvalue weighted by Gasteiger charge is -2.06. The van der Waals surface area contributed by atoms with Gasteiger partial charge in [0.1, 0.15) is 6.10 Å².